The number of nitrogens with one attached hydrogen (secondary N) is 2. The molecule has 1 heterocycles. The molecule has 2 N–H and O–H groups in total. The van der Waals surface area contributed by atoms with E-state index in [2.05, 4.69) is 27.8 Å². The zero-order valence-electron chi connectivity index (χ0n) is 18.9. The standard InChI is InChI=1S/C24H38N4O2.HI/c1-25-24(26-16-6-7-18-30-22-9-4-2-3-5-10-22)27-19-20-12-14-21(15-13-20)28-17-8-11-23(28)29;/h12-15,22H,2-11,16-19H2,1H3,(H2,25,26,27);1H. The molecule has 1 aromatic carbocycles. The third-order valence-corrected chi connectivity index (χ3v) is 6.02. The van der Waals surface area contributed by atoms with E-state index < -0.39 is 0 Å². The molecule has 6 nitrogen and oxygen atoms in total. The number of rotatable bonds is 9. The fourth-order valence-electron chi connectivity index (χ4n) is 4.21. The zero-order chi connectivity index (χ0) is 21.0. The summed E-state index contributed by atoms with van der Waals surface area (Å²) in [6.07, 6.45) is 12.1. The molecule has 2 aliphatic rings. The highest BCUT2D eigenvalue weighted by Crippen LogP contribution is 2.22. The normalized spacial score (nSPS) is 17.9. The largest absolute Gasteiger partial charge is 0.378 e. The summed E-state index contributed by atoms with van der Waals surface area (Å²) < 4.78 is 6.06. The molecule has 1 aliphatic carbocycles. The molecule has 1 aliphatic heterocycles. The minimum atomic E-state index is 0. The minimum absolute atomic E-state index is 0. The number of aliphatic imine (C=N–C) groups is 1. The van der Waals surface area contributed by atoms with E-state index >= 15 is 0 Å². The van der Waals surface area contributed by atoms with Crippen LogP contribution in [0.5, 0.6) is 0 Å². The quantitative estimate of drug-likeness (QED) is 0.157. The molecule has 1 amide bonds. The number of nitrogens with zero attached hydrogens (tertiary/aromatic N) is 2. The van der Waals surface area contributed by atoms with E-state index in [0.29, 0.717) is 19.1 Å². The maximum atomic E-state index is 11.9. The lowest BCUT2D eigenvalue weighted by atomic mass is 10.1. The molecule has 2 fully saturated rings. The highest BCUT2D eigenvalue weighted by molar-refractivity contribution is 14.0. The smallest absolute Gasteiger partial charge is 0.227 e. The molecule has 0 bridgehead atoms. The maximum absolute atomic E-state index is 11.9. The van der Waals surface area contributed by atoms with Crippen LogP contribution in [0.15, 0.2) is 29.3 Å². The lowest BCUT2D eigenvalue weighted by molar-refractivity contribution is -0.117. The number of hydrogen-bond acceptors (Lipinski definition) is 3. The predicted molar refractivity (Wildman–Crippen MR) is 138 cm³/mol. The molecule has 0 radical (unpaired) electrons. The fourth-order valence-corrected chi connectivity index (χ4v) is 4.21. The number of ether oxygens (including phenoxy) is 1. The Morgan fingerprint density at radius 2 is 1.81 bits per heavy atom. The second kappa shape index (κ2) is 14.7. The lowest BCUT2D eigenvalue weighted by Crippen LogP contribution is -2.37. The van der Waals surface area contributed by atoms with Crippen molar-refractivity contribution < 1.29 is 9.53 Å². The number of halogens is 1. The van der Waals surface area contributed by atoms with Crippen LogP contribution >= 0.6 is 24.0 Å². The van der Waals surface area contributed by atoms with Crippen LogP contribution in [0.2, 0.25) is 0 Å². The van der Waals surface area contributed by atoms with Crippen LogP contribution < -0.4 is 15.5 Å². The lowest BCUT2D eigenvalue weighted by Gasteiger charge is -2.17. The van der Waals surface area contributed by atoms with E-state index in [1.165, 1.54) is 44.1 Å². The fraction of sp³-hybridized carbons (Fsp3) is 0.667. The van der Waals surface area contributed by atoms with Crippen molar-refractivity contribution in [2.75, 3.05) is 31.6 Å². The van der Waals surface area contributed by atoms with Crippen LogP contribution in [0.4, 0.5) is 5.69 Å². The molecule has 1 saturated carbocycles. The number of hydrogen-bond donors (Lipinski definition) is 2. The van der Waals surface area contributed by atoms with Gasteiger partial charge in [0, 0.05) is 45.4 Å². The van der Waals surface area contributed by atoms with Gasteiger partial charge < -0.3 is 20.3 Å². The average molecular weight is 543 g/mol. The van der Waals surface area contributed by atoms with Gasteiger partial charge in [0.25, 0.3) is 0 Å². The zero-order valence-corrected chi connectivity index (χ0v) is 21.2. The van der Waals surface area contributed by atoms with E-state index in [9.17, 15) is 4.79 Å². The molecular weight excluding hydrogens is 503 g/mol. The van der Waals surface area contributed by atoms with Crippen molar-refractivity contribution in [2.45, 2.75) is 76.9 Å². The molecule has 174 valence electrons. The summed E-state index contributed by atoms with van der Waals surface area (Å²) in [5, 5.41) is 6.74. The monoisotopic (exact) mass is 542 g/mol. The van der Waals surface area contributed by atoms with E-state index in [1.807, 2.05) is 17.0 Å². The number of guanidine groups is 1. The Kier molecular flexibility index (Phi) is 12.3. The number of amides is 1. The van der Waals surface area contributed by atoms with Crippen LogP contribution in [0.3, 0.4) is 0 Å². The van der Waals surface area contributed by atoms with Gasteiger partial charge in [-0.05, 0) is 49.8 Å². The van der Waals surface area contributed by atoms with Crippen molar-refractivity contribution in [1.82, 2.24) is 10.6 Å². The van der Waals surface area contributed by atoms with Gasteiger partial charge in [0.15, 0.2) is 5.96 Å². The van der Waals surface area contributed by atoms with Gasteiger partial charge in [0.1, 0.15) is 0 Å². The van der Waals surface area contributed by atoms with Gasteiger partial charge in [0.05, 0.1) is 6.10 Å². The van der Waals surface area contributed by atoms with E-state index in [1.54, 1.807) is 7.05 Å². The summed E-state index contributed by atoms with van der Waals surface area (Å²) in [5.41, 5.74) is 2.17. The molecule has 7 heteroatoms. The first kappa shape index (κ1) is 25.9. The van der Waals surface area contributed by atoms with E-state index in [4.69, 9.17) is 4.74 Å². The second-order valence-electron chi connectivity index (χ2n) is 8.36. The Balaban J connectivity index is 0.00000341. The van der Waals surface area contributed by atoms with Gasteiger partial charge in [-0.2, -0.15) is 0 Å². The molecular formula is C24H39IN4O2. The summed E-state index contributed by atoms with van der Waals surface area (Å²) in [5.74, 6) is 1.05. The van der Waals surface area contributed by atoms with Crippen molar-refractivity contribution >= 4 is 41.5 Å². The molecule has 0 spiro atoms. The highest BCUT2D eigenvalue weighted by atomic mass is 127. The first-order valence-electron chi connectivity index (χ1n) is 11.7. The summed E-state index contributed by atoms with van der Waals surface area (Å²) in [4.78, 5) is 18.0. The number of anilines is 1. The predicted octanol–water partition coefficient (Wildman–Crippen LogP) is 4.62. The van der Waals surface area contributed by atoms with Gasteiger partial charge in [0.2, 0.25) is 5.91 Å². The molecule has 1 saturated heterocycles. The van der Waals surface area contributed by atoms with Crippen LogP contribution in [-0.2, 0) is 16.1 Å². The Labute approximate surface area is 204 Å². The molecule has 0 unspecified atom stereocenters. The summed E-state index contributed by atoms with van der Waals surface area (Å²) in [6.45, 7) is 3.30. The van der Waals surface area contributed by atoms with Crippen LogP contribution in [-0.4, -0.2) is 44.7 Å². The van der Waals surface area contributed by atoms with Gasteiger partial charge >= 0.3 is 0 Å². The third-order valence-electron chi connectivity index (χ3n) is 6.02. The SMILES string of the molecule is CN=C(NCCCCOC1CCCCCC1)NCc1ccc(N2CCCC2=O)cc1.I. The first-order valence-corrected chi connectivity index (χ1v) is 11.7. The summed E-state index contributed by atoms with van der Waals surface area (Å²) >= 11 is 0. The number of benzene rings is 1. The highest BCUT2D eigenvalue weighted by Gasteiger charge is 2.21. The Morgan fingerprint density at radius 1 is 1.06 bits per heavy atom. The molecule has 1 aromatic rings. The van der Waals surface area contributed by atoms with Crippen LogP contribution in [0.25, 0.3) is 0 Å². The molecule has 3 rings (SSSR count). The van der Waals surface area contributed by atoms with Crippen LogP contribution in [0.1, 0.15) is 69.8 Å². The number of carbonyl (C=O) groups excluding carboxylic acids is 1. The van der Waals surface area contributed by atoms with Crippen molar-refractivity contribution in [3.05, 3.63) is 29.8 Å². The topological polar surface area (TPSA) is 66.0 Å². The number of carbonyl (C=O) groups is 1. The van der Waals surface area contributed by atoms with Crippen molar-refractivity contribution in [1.29, 1.82) is 0 Å². The summed E-state index contributed by atoms with van der Waals surface area (Å²) in [7, 11) is 1.80. The van der Waals surface area contributed by atoms with Crippen molar-refractivity contribution in [3.8, 4) is 0 Å². The maximum Gasteiger partial charge on any atom is 0.227 e. The first-order chi connectivity index (χ1) is 14.8. The van der Waals surface area contributed by atoms with Gasteiger partial charge in [-0.3, -0.25) is 9.79 Å². The van der Waals surface area contributed by atoms with Crippen LogP contribution in [0, 0.1) is 0 Å². The van der Waals surface area contributed by atoms with Crippen molar-refractivity contribution in [3.63, 3.8) is 0 Å². The van der Waals surface area contributed by atoms with Gasteiger partial charge in [-0.25, -0.2) is 0 Å². The Morgan fingerprint density at radius 3 is 2.45 bits per heavy atom. The van der Waals surface area contributed by atoms with Crippen molar-refractivity contribution in [2.24, 2.45) is 4.99 Å². The molecule has 0 aromatic heterocycles. The van der Waals surface area contributed by atoms with Gasteiger partial charge in [-0.15, -0.1) is 24.0 Å². The molecule has 0 atom stereocenters. The second-order valence-corrected chi connectivity index (χ2v) is 8.36. The minimum Gasteiger partial charge on any atom is -0.378 e. The number of unbranched alkanes of at least 4 members (excludes halogenated alkanes) is 1. The molecule has 31 heavy (non-hydrogen) atoms. The van der Waals surface area contributed by atoms with Gasteiger partial charge in [-0.1, -0.05) is 37.8 Å². The van der Waals surface area contributed by atoms with E-state index in [-0.39, 0.29) is 29.9 Å². The Hall–Kier alpha value is -1.35. The van der Waals surface area contributed by atoms with E-state index in [0.717, 1.165) is 50.6 Å². The summed E-state index contributed by atoms with van der Waals surface area (Å²) in [6, 6.07) is 8.22. The average Bonchev–Trinajstić information content (AvgIpc) is 3.03. The third kappa shape index (κ3) is 8.96. The Bertz CT molecular complexity index is 673.